The molecular weight excluding hydrogens is 152 g/mol. The van der Waals surface area contributed by atoms with Gasteiger partial charge in [0.25, 0.3) is 0 Å². The Morgan fingerprint density at radius 2 is 2.33 bits per heavy atom. The molecule has 12 heavy (non-hydrogen) atoms. The van der Waals surface area contributed by atoms with E-state index in [-0.39, 0.29) is 6.04 Å². The molecule has 1 heterocycles. The molecule has 2 rings (SSSR count). The van der Waals surface area contributed by atoms with Crippen LogP contribution in [0.25, 0.3) is 10.4 Å². The van der Waals surface area contributed by atoms with Gasteiger partial charge in [0.05, 0.1) is 6.04 Å². The molecule has 4 nitrogen and oxygen atoms in total. The van der Waals surface area contributed by atoms with Crippen LogP contribution >= 0.6 is 0 Å². The van der Waals surface area contributed by atoms with Gasteiger partial charge in [-0.25, -0.2) is 0 Å². The van der Waals surface area contributed by atoms with Crippen LogP contribution in [-0.2, 0) is 0 Å². The van der Waals surface area contributed by atoms with Crippen LogP contribution in [0.3, 0.4) is 0 Å². The molecule has 1 aliphatic rings. The molecule has 1 atom stereocenters. The van der Waals surface area contributed by atoms with E-state index in [9.17, 15) is 0 Å². The van der Waals surface area contributed by atoms with Crippen LogP contribution < -0.4 is 5.32 Å². The van der Waals surface area contributed by atoms with E-state index in [4.69, 9.17) is 5.53 Å². The van der Waals surface area contributed by atoms with Crippen molar-refractivity contribution in [2.75, 3.05) is 11.9 Å². The number of rotatable bonds is 1. The van der Waals surface area contributed by atoms with Crippen molar-refractivity contribution in [1.82, 2.24) is 0 Å². The highest BCUT2D eigenvalue weighted by molar-refractivity contribution is 5.57. The average molecular weight is 160 g/mol. The molecule has 0 spiro atoms. The van der Waals surface area contributed by atoms with E-state index in [1.165, 1.54) is 0 Å². The molecule has 0 bridgehead atoms. The van der Waals surface area contributed by atoms with Crippen LogP contribution in [0.15, 0.2) is 29.4 Å². The number of para-hydroxylation sites is 1. The van der Waals surface area contributed by atoms with E-state index in [2.05, 4.69) is 15.3 Å². The van der Waals surface area contributed by atoms with Crippen molar-refractivity contribution in [3.05, 3.63) is 40.3 Å². The van der Waals surface area contributed by atoms with Crippen molar-refractivity contribution in [1.29, 1.82) is 0 Å². The van der Waals surface area contributed by atoms with Crippen molar-refractivity contribution >= 4 is 5.69 Å². The fourth-order valence-electron chi connectivity index (χ4n) is 1.43. The number of hydrogen-bond acceptors (Lipinski definition) is 2. The van der Waals surface area contributed by atoms with Crippen LogP contribution in [0, 0.1) is 0 Å². The SMILES string of the molecule is [N-]=[N+]=NC1CNc2ccccc21. The molecular formula is C8H8N4. The Balaban J connectivity index is 2.42. The summed E-state index contributed by atoms with van der Waals surface area (Å²) in [6.45, 7) is 0.712. The van der Waals surface area contributed by atoms with Gasteiger partial charge >= 0.3 is 0 Å². The van der Waals surface area contributed by atoms with E-state index >= 15 is 0 Å². The number of nitrogens with zero attached hydrogens (tertiary/aromatic N) is 3. The standard InChI is InChI=1S/C8H8N4/c9-12-11-8-5-10-7-4-2-1-3-6(7)8/h1-4,8,10H,5H2. The fourth-order valence-corrected chi connectivity index (χ4v) is 1.43. The number of benzene rings is 1. The summed E-state index contributed by atoms with van der Waals surface area (Å²) < 4.78 is 0. The zero-order valence-corrected chi connectivity index (χ0v) is 6.44. The second-order valence-electron chi connectivity index (χ2n) is 2.69. The summed E-state index contributed by atoms with van der Waals surface area (Å²) >= 11 is 0. The Morgan fingerprint density at radius 3 is 3.17 bits per heavy atom. The molecule has 1 aromatic carbocycles. The van der Waals surface area contributed by atoms with E-state index in [1.807, 2.05) is 24.3 Å². The monoisotopic (exact) mass is 160 g/mol. The zero-order valence-electron chi connectivity index (χ0n) is 6.44. The summed E-state index contributed by atoms with van der Waals surface area (Å²) in [4.78, 5) is 2.80. The minimum Gasteiger partial charge on any atom is -0.384 e. The van der Waals surface area contributed by atoms with Crippen molar-refractivity contribution in [2.45, 2.75) is 6.04 Å². The normalized spacial score (nSPS) is 19.2. The fraction of sp³-hybridized carbons (Fsp3) is 0.250. The Morgan fingerprint density at radius 1 is 1.50 bits per heavy atom. The Labute approximate surface area is 69.8 Å². The third-order valence-electron chi connectivity index (χ3n) is 2.00. The lowest BCUT2D eigenvalue weighted by molar-refractivity contribution is 0.798. The minimum absolute atomic E-state index is 0.0359. The molecule has 0 amide bonds. The number of fused-ring (bicyclic) bond motifs is 1. The summed E-state index contributed by atoms with van der Waals surface area (Å²) in [7, 11) is 0. The molecule has 1 aromatic rings. The second kappa shape index (κ2) is 2.75. The van der Waals surface area contributed by atoms with Crippen LogP contribution in [0.2, 0.25) is 0 Å². The predicted molar refractivity (Wildman–Crippen MR) is 46.8 cm³/mol. The molecule has 1 aliphatic heterocycles. The molecule has 0 fully saturated rings. The largest absolute Gasteiger partial charge is 0.384 e. The summed E-state index contributed by atoms with van der Waals surface area (Å²) in [5.41, 5.74) is 10.5. The lowest BCUT2D eigenvalue weighted by Crippen LogP contribution is -1.97. The summed E-state index contributed by atoms with van der Waals surface area (Å²) in [6, 6.07) is 7.85. The topological polar surface area (TPSA) is 60.8 Å². The van der Waals surface area contributed by atoms with Crippen molar-refractivity contribution < 1.29 is 0 Å². The number of anilines is 1. The van der Waals surface area contributed by atoms with Crippen molar-refractivity contribution in [3.8, 4) is 0 Å². The molecule has 0 aliphatic carbocycles. The van der Waals surface area contributed by atoms with Crippen LogP contribution in [0.1, 0.15) is 11.6 Å². The van der Waals surface area contributed by atoms with Gasteiger partial charge in [-0.3, -0.25) is 0 Å². The smallest absolute Gasteiger partial charge is 0.0817 e. The molecule has 1 unspecified atom stereocenters. The summed E-state index contributed by atoms with van der Waals surface area (Å²) in [5.74, 6) is 0. The summed E-state index contributed by atoms with van der Waals surface area (Å²) in [6.07, 6.45) is 0. The first kappa shape index (κ1) is 7.00. The zero-order chi connectivity index (χ0) is 8.39. The first-order valence-corrected chi connectivity index (χ1v) is 3.79. The van der Waals surface area contributed by atoms with Gasteiger partial charge in [0.1, 0.15) is 0 Å². The quantitative estimate of drug-likeness (QED) is 0.383. The van der Waals surface area contributed by atoms with Crippen molar-refractivity contribution in [2.24, 2.45) is 5.11 Å². The number of azide groups is 1. The van der Waals surface area contributed by atoms with Gasteiger partial charge in [0.2, 0.25) is 0 Å². The highest BCUT2D eigenvalue weighted by Gasteiger charge is 2.19. The van der Waals surface area contributed by atoms with Gasteiger partial charge in [0, 0.05) is 17.1 Å². The van der Waals surface area contributed by atoms with E-state index in [1.54, 1.807) is 0 Å². The molecule has 0 aromatic heterocycles. The number of nitrogens with one attached hydrogen (secondary N) is 1. The third kappa shape index (κ3) is 0.984. The van der Waals surface area contributed by atoms with Gasteiger partial charge < -0.3 is 5.32 Å². The first-order chi connectivity index (χ1) is 5.92. The lowest BCUT2D eigenvalue weighted by atomic mass is 10.1. The van der Waals surface area contributed by atoms with E-state index in [0.29, 0.717) is 6.54 Å². The average Bonchev–Trinajstić information content (AvgIpc) is 2.50. The van der Waals surface area contributed by atoms with Gasteiger partial charge in [-0.05, 0) is 17.2 Å². The predicted octanol–water partition coefficient (Wildman–Crippen LogP) is 2.46. The van der Waals surface area contributed by atoms with Crippen molar-refractivity contribution in [3.63, 3.8) is 0 Å². The minimum atomic E-state index is -0.0359. The van der Waals surface area contributed by atoms with Gasteiger partial charge in [0.15, 0.2) is 0 Å². The van der Waals surface area contributed by atoms with Gasteiger partial charge in [-0.15, -0.1) is 0 Å². The Bertz CT molecular complexity index is 341. The Kier molecular flexibility index (Phi) is 1.61. The van der Waals surface area contributed by atoms with Crippen LogP contribution in [-0.4, -0.2) is 6.54 Å². The van der Waals surface area contributed by atoms with Crippen LogP contribution in [0.5, 0.6) is 0 Å². The third-order valence-corrected chi connectivity index (χ3v) is 2.00. The maximum absolute atomic E-state index is 8.28. The highest BCUT2D eigenvalue weighted by Crippen LogP contribution is 2.31. The summed E-state index contributed by atoms with van der Waals surface area (Å²) in [5, 5.41) is 6.85. The Hall–Kier alpha value is -1.67. The maximum Gasteiger partial charge on any atom is 0.0817 e. The highest BCUT2D eigenvalue weighted by atomic mass is 15.2. The van der Waals surface area contributed by atoms with E-state index < -0.39 is 0 Å². The maximum atomic E-state index is 8.28. The molecule has 60 valence electrons. The van der Waals surface area contributed by atoms with E-state index in [0.717, 1.165) is 11.3 Å². The first-order valence-electron chi connectivity index (χ1n) is 3.79. The van der Waals surface area contributed by atoms with Crippen LogP contribution in [0.4, 0.5) is 5.69 Å². The van der Waals surface area contributed by atoms with Gasteiger partial charge in [-0.1, -0.05) is 23.3 Å². The molecule has 4 heteroatoms. The molecule has 0 saturated heterocycles. The van der Waals surface area contributed by atoms with Gasteiger partial charge in [-0.2, -0.15) is 0 Å². The lowest BCUT2D eigenvalue weighted by Gasteiger charge is -1.99. The molecule has 1 N–H and O–H groups in total. The number of hydrogen-bond donors (Lipinski definition) is 1. The molecule has 0 saturated carbocycles. The second-order valence-corrected chi connectivity index (χ2v) is 2.69. The molecule has 0 radical (unpaired) electrons.